The lowest BCUT2D eigenvalue weighted by atomic mass is 10.2. The lowest BCUT2D eigenvalue weighted by Gasteiger charge is -2.05. The molecule has 1 amide bonds. The van der Waals surface area contributed by atoms with Crippen molar-refractivity contribution in [1.82, 2.24) is 5.43 Å². The van der Waals surface area contributed by atoms with Crippen LogP contribution in [0.15, 0.2) is 52.0 Å². The van der Waals surface area contributed by atoms with Gasteiger partial charge in [0.15, 0.2) is 18.1 Å². The summed E-state index contributed by atoms with van der Waals surface area (Å²) in [6.07, 6.45) is 1.44. The van der Waals surface area contributed by atoms with Crippen LogP contribution in [0.2, 0.25) is 0 Å². The van der Waals surface area contributed by atoms with E-state index in [4.69, 9.17) is 9.47 Å². The standard InChI is InChI=1S/C16H15BrN2O4/c1-22-15-7-11(5-6-14(15)20)9-18-19-16(21)10-23-13-4-2-3-12(17)8-13/h2-9,20H,10H2,1H3,(H,19,21)/b18-9+. The summed E-state index contributed by atoms with van der Waals surface area (Å²) < 4.78 is 11.2. The molecule has 0 heterocycles. The number of aromatic hydroxyl groups is 1. The van der Waals surface area contributed by atoms with Crippen LogP contribution in [0.3, 0.4) is 0 Å². The number of carbonyl (C=O) groups is 1. The molecule has 2 aromatic rings. The number of phenolic OH excluding ortho intramolecular Hbond substituents is 1. The Hall–Kier alpha value is -2.54. The highest BCUT2D eigenvalue weighted by atomic mass is 79.9. The first kappa shape index (κ1) is 16.8. The highest BCUT2D eigenvalue weighted by Gasteiger charge is 2.03. The zero-order chi connectivity index (χ0) is 16.7. The molecule has 0 bridgehead atoms. The SMILES string of the molecule is COc1cc(/C=N/NC(=O)COc2cccc(Br)c2)ccc1O. The minimum Gasteiger partial charge on any atom is -0.504 e. The molecule has 0 saturated heterocycles. The van der Waals surface area contributed by atoms with Gasteiger partial charge in [0.25, 0.3) is 5.91 Å². The number of ether oxygens (including phenoxy) is 2. The fourth-order valence-electron chi connectivity index (χ4n) is 1.69. The molecule has 0 saturated carbocycles. The molecule has 0 aliphatic rings. The molecule has 0 spiro atoms. The normalized spacial score (nSPS) is 10.5. The van der Waals surface area contributed by atoms with Gasteiger partial charge in [0, 0.05) is 4.47 Å². The summed E-state index contributed by atoms with van der Waals surface area (Å²) in [5.74, 6) is 0.572. The van der Waals surface area contributed by atoms with Crippen molar-refractivity contribution in [2.24, 2.45) is 5.10 Å². The number of phenols is 1. The maximum absolute atomic E-state index is 11.6. The summed E-state index contributed by atoms with van der Waals surface area (Å²) in [4.78, 5) is 11.6. The second kappa shape index (κ2) is 8.19. The Morgan fingerprint density at radius 2 is 2.17 bits per heavy atom. The summed E-state index contributed by atoms with van der Waals surface area (Å²) in [7, 11) is 1.46. The van der Waals surface area contributed by atoms with Gasteiger partial charge >= 0.3 is 0 Å². The molecule has 0 atom stereocenters. The molecule has 0 unspecified atom stereocenters. The van der Waals surface area contributed by atoms with Crippen molar-refractivity contribution in [3.05, 3.63) is 52.5 Å². The van der Waals surface area contributed by atoms with Crippen molar-refractivity contribution in [3.63, 3.8) is 0 Å². The third-order valence-corrected chi connectivity index (χ3v) is 3.27. The first-order valence-corrected chi connectivity index (χ1v) is 7.45. The maximum Gasteiger partial charge on any atom is 0.277 e. The van der Waals surface area contributed by atoms with Crippen LogP contribution in [0.5, 0.6) is 17.2 Å². The average Bonchev–Trinajstić information content (AvgIpc) is 2.54. The number of methoxy groups -OCH3 is 1. The smallest absolute Gasteiger partial charge is 0.277 e. The Morgan fingerprint density at radius 3 is 2.91 bits per heavy atom. The van der Waals surface area contributed by atoms with Crippen LogP contribution in [-0.4, -0.2) is 30.9 Å². The summed E-state index contributed by atoms with van der Waals surface area (Å²) >= 11 is 3.32. The number of nitrogens with zero attached hydrogens (tertiary/aromatic N) is 1. The number of halogens is 1. The minimum absolute atomic E-state index is 0.0381. The second-order valence-corrected chi connectivity index (χ2v) is 5.39. The van der Waals surface area contributed by atoms with E-state index in [1.807, 2.05) is 12.1 Å². The lowest BCUT2D eigenvalue weighted by Crippen LogP contribution is -2.24. The van der Waals surface area contributed by atoms with Gasteiger partial charge < -0.3 is 14.6 Å². The predicted molar refractivity (Wildman–Crippen MR) is 90.0 cm³/mol. The topological polar surface area (TPSA) is 80.2 Å². The van der Waals surface area contributed by atoms with Crippen molar-refractivity contribution in [3.8, 4) is 17.2 Å². The Bertz CT molecular complexity index is 719. The number of hydrogen-bond acceptors (Lipinski definition) is 5. The zero-order valence-corrected chi connectivity index (χ0v) is 13.9. The maximum atomic E-state index is 11.6. The summed E-state index contributed by atoms with van der Waals surface area (Å²) in [5, 5.41) is 13.3. The van der Waals surface area contributed by atoms with Gasteiger partial charge in [0.05, 0.1) is 13.3 Å². The molecule has 0 aromatic heterocycles. The van der Waals surface area contributed by atoms with E-state index >= 15 is 0 Å². The quantitative estimate of drug-likeness (QED) is 0.598. The van der Waals surface area contributed by atoms with Gasteiger partial charge in [-0.25, -0.2) is 5.43 Å². The van der Waals surface area contributed by atoms with Gasteiger partial charge in [-0.1, -0.05) is 22.0 Å². The van der Waals surface area contributed by atoms with E-state index in [9.17, 15) is 9.90 Å². The van der Waals surface area contributed by atoms with E-state index in [-0.39, 0.29) is 18.3 Å². The van der Waals surface area contributed by atoms with Crippen molar-refractivity contribution >= 4 is 28.1 Å². The van der Waals surface area contributed by atoms with Gasteiger partial charge in [-0.15, -0.1) is 0 Å². The Labute approximate surface area is 141 Å². The number of hydrazone groups is 1. The van der Waals surface area contributed by atoms with Crippen molar-refractivity contribution < 1.29 is 19.4 Å². The minimum atomic E-state index is -0.382. The molecule has 0 radical (unpaired) electrons. The van der Waals surface area contributed by atoms with Crippen LogP contribution >= 0.6 is 15.9 Å². The third-order valence-electron chi connectivity index (χ3n) is 2.77. The molecule has 0 fully saturated rings. The molecule has 2 rings (SSSR count). The predicted octanol–water partition coefficient (Wildman–Crippen LogP) is 2.69. The largest absolute Gasteiger partial charge is 0.504 e. The van der Waals surface area contributed by atoms with Crippen LogP contribution in [0.1, 0.15) is 5.56 Å². The number of hydrogen-bond donors (Lipinski definition) is 2. The third kappa shape index (κ3) is 5.30. The van der Waals surface area contributed by atoms with Crippen molar-refractivity contribution in [2.45, 2.75) is 0 Å². The van der Waals surface area contributed by atoms with E-state index < -0.39 is 0 Å². The number of amides is 1. The van der Waals surface area contributed by atoms with E-state index in [2.05, 4.69) is 26.5 Å². The van der Waals surface area contributed by atoms with Crippen molar-refractivity contribution in [1.29, 1.82) is 0 Å². The van der Waals surface area contributed by atoms with Gasteiger partial charge in [-0.05, 0) is 42.0 Å². The average molecular weight is 379 g/mol. The molecule has 2 aromatic carbocycles. The Balaban J connectivity index is 1.84. The second-order valence-electron chi connectivity index (χ2n) is 4.47. The Morgan fingerprint density at radius 1 is 1.35 bits per heavy atom. The van der Waals surface area contributed by atoms with Crippen molar-refractivity contribution in [2.75, 3.05) is 13.7 Å². The molecule has 23 heavy (non-hydrogen) atoms. The fraction of sp³-hybridized carbons (Fsp3) is 0.125. The summed E-state index contributed by atoms with van der Waals surface area (Å²) in [6, 6.07) is 11.9. The van der Waals surface area contributed by atoms with Crippen LogP contribution in [0.25, 0.3) is 0 Å². The number of nitrogens with one attached hydrogen (secondary N) is 1. The molecular weight excluding hydrogens is 364 g/mol. The highest BCUT2D eigenvalue weighted by molar-refractivity contribution is 9.10. The van der Waals surface area contributed by atoms with Crippen LogP contribution in [-0.2, 0) is 4.79 Å². The molecule has 120 valence electrons. The molecule has 6 nitrogen and oxygen atoms in total. The first-order chi connectivity index (χ1) is 11.1. The highest BCUT2D eigenvalue weighted by Crippen LogP contribution is 2.25. The summed E-state index contributed by atoms with van der Waals surface area (Å²) in [5.41, 5.74) is 3.03. The fourth-order valence-corrected chi connectivity index (χ4v) is 2.07. The van der Waals surface area contributed by atoms with Gasteiger partial charge in [-0.3, -0.25) is 4.79 Å². The van der Waals surface area contributed by atoms with E-state index in [0.29, 0.717) is 17.1 Å². The van der Waals surface area contributed by atoms with E-state index in [1.54, 1.807) is 24.3 Å². The molecule has 0 aliphatic heterocycles. The number of rotatable bonds is 6. The Kier molecular flexibility index (Phi) is 5.99. The zero-order valence-electron chi connectivity index (χ0n) is 12.3. The van der Waals surface area contributed by atoms with Crippen LogP contribution < -0.4 is 14.9 Å². The first-order valence-electron chi connectivity index (χ1n) is 6.66. The number of carbonyl (C=O) groups excluding carboxylic acids is 1. The van der Waals surface area contributed by atoms with Crippen LogP contribution in [0.4, 0.5) is 0 Å². The molecule has 0 aliphatic carbocycles. The van der Waals surface area contributed by atoms with E-state index in [0.717, 1.165) is 4.47 Å². The summed E-state index contributed by atoms with van der Waals surface area (Å²) in [6.45, 7) is -0.146. The van der Waals surface area contributed by atoms with Gasteiger partial charge in [-0.2, -0.15) is 5.10 Å². The number of benzene rings is 2. The van der Waals surface area contributed by atoms with E-state index in [1.165, 1.54) is 19.4 Å². The lowest BCUT2D eigenvalue weighted by molar-refractivity contribution is -0.123. The molecule has 2 N–H and O–H groups in total. The molecular formula is C16H15BrN2O4. The molecule has 7 heteroatoms. The van der Waals surface area contributed by atoms with Gasteiger partial charge in [0.2, 0.25) is 0 Å². The van der Waals surface area contributed by atoms with Crippen LogP contribution in [0, 0.1) is 0 Å². The monoisotopic (exact) mass is 378 g/mol. The van der Waals surface area contributed by atoms with Gasteiger partial charge in [0.1, 0.15) is 5.75 Å².